The molecule has 0 aromatic heterocycles. The Labute approximate surface area is 113 Å². The van der Waals surface area contributed by atoms with Gasteiger partial charge in [-0.15, -0.1) is 0 Å². The molecule has 4 heteroatoms. The number of hydrogen-bond donors (Lipinski definition) is 1. The molecule has 0 heterocycles. The summed E-state index contributed by atoms with van der Waals surface area (Å²) in [5, 5.41) is 3.53. The second kappa shape index (κ2) is 6.85. The van der Waals surface area contributed by atoms with Crippen molar-refractivity contribution < 1.29 is 13.5 Å². The highest BCUT2D eigenvalue weighted by atomic mass is 19.3. The van der Waals surface area contributed by atoms with Crippen molar-refractivity contribution in [1.29, 1.82) is 0 Å². The zero-order valence-corrected chi connectivity index (χ0v) is 11.2. The van der Waals surface area contributed by atoms with Crippen LogP contribution in [-0.2, 0) is 0 Å². The van der Waals surface area contributed by atoms with E-state index >= 15 is 0 Å². The highest BCUT2D eigenvalue weighted by Gasteiger charge is 2.26. The molecule has 106 valence electrons. The molecule has 0 saturated heterocycles. The topological polar surface area (TPSA) is 21.3 Å². The lowest BCUT2D eigenvalue weighted by molar-refractivity contribution is -0.0498. The van der Waals surface area contributed by atoms with Crippen LogP contribution in [0.15, 0.2) is 24.3 Å². The van der Waals surface area contributed by atoms with Gasteiger partial charge in [0.25, 0.3) is 0 Å². The van der Waals surface area contributed by atoms with Crippen LogP contribution < -0.4 is 10.1 Å². The number of hydrogen-bond acceptors (Lipinski definition) is 2. The number of halogens is 2. The Hall–Kier alpha value is -1.16. The summed E-state index contributed by atoms with van der Waals surface area (Å²) in [6.07, 6.45) is 4.86. The standard InChI is InChI=1S/C15H21F2NO/c1-2-9-18-14(10-11-3-4-11)12-5-7-13(8-6-12)19-15(16)17/h5-8,11,14-15,18H,2-4,9-10H2,1H3. The van der Waals surface area contributed by atoms with Crippen molar-refractivity contribution in [2.75, 3.05) is 6.54 Å². The zero-order chi connectivity index (χ0) is 13.7. The maximum absolute atomic E-state index is 12.1. The van der Waals surface area contributed by atoms with Crippen molar-refractivity contribution in [3.8, 4) is 5.75 Å². The van der Waals surface area contributed by atoms with Crippen LogP contribution in [0.3, 0.4) is 0 Å². The average Bonchev–Trinajstić information content (AvgIpc) is 3.19. The maximum Gasteiger partial charge on any atom is 0.387 e. The fourth-order valence-electron chi connectivity index (χ4n) is 2.22. The van der Waals surface area contributed by atoms with Gasteiger partial charge >= 0.3 is 6.61 Å². The van der Waals surface area contributed by atoms with E-state index in [9.17, 15) is 8.78 Å². The summed E-state index contributed by atoms with van der Waals surface area (Å²) >= 11 is 0. The number of nitrogens with one attached hydrogen (secondary N) is 1. The smallest absolute Gasteiger partial charge is 0.387 e. The van der Waals surface area contributed by atoms with E-state index in [4.69, 9.17) is 0 Å². The molecule has 0 bridgehead atoms. The molecule has 0 aliphatic heterocycles. The molecule has 0 spiro atoms. The molecule has 0 amide bonds. The molecule has 0 radical (unpaired) electrons. The first kappa shape index (κ1) is 14.3. The summed E-state index contributed by atoms with van der Waals surface area (Å²) in [4.78, 5) is 0. The van der Waals surface area contributed by atoms with E-state index < -0.39 is 6.61 Å². The second-order valence-corrected chi connectivity index (χ2v) is 5.13. The molecule has 1 aromatic rings. The van der Waals surface area contributed by atoms with Crippen LogP contribution in [0, 0.1) is 5.92 Å². The summed E-state index contributed by atoms with van der Waals surface area (Å²) in [6.45, 7) is 0.360. The van der Waals surface area contributed by atoms with E-state index in [0.717, 1.165) is 30.9 Å². The average molecular weight is 269 g/mol. The van der Waals surface area contributed by atoms with Gasteiger partial charge in [0.1, 0.15) is 5.75 Å². The third kappa shape index (κ3) is 4.78. The minimum absolute atomic E-state index is 0.222. The minimum atomic E-state index is -2.76. The maximum atomic E-state index is 12.1. The highest BCUT2D eigenvalue weighted by Crippen LogP contribution is 2.37. The van der Waals surface area contributed by atoms with Gasteiger partial charge in [0.05, 0.1) is 0 Å². The predicted octanol–water partition coefficient (Wildman–Crippen LogP) is 4.13. The largest absolute Gasteiger partial charge is 0.435 e. The van der Waals surface area contributed by atoms with Crippen molar-refractivity contribution in [3.63, 3.8) is 0 Å². The van der Waals surface area contributed by atoms with Crippen LogP contribution in [0.2, 0.25) is 0 Å². The molecule has 2 nitrogen and oxygen atoms in total. The van der Waals surface area contributed by atoms with Crippen molar-refractivity contribution in [1.82, 2.24) is 5.32 Å². The molecule has 1 aliphatic carbocycles. The van der Waals surface area contributed by atoms with Crippen molar-refractivity contribution >= 4 is 0 Å². The van der Waals surface area contributed by atoms with E-state index in [-0.39, 0.29) is 5.75 Å². The first-order chi connectivity index (χ1) is 9.19. The van der Waals surface area contributed by atoms with Gasteiger partial charge in [-0.05, 0) is 43.0 Å². The first-order valence-electron chi connectivity index (χ1n) is 6.97. The summed E-state index contributed by atoms with van der Waals surface area (Å²) in [6, 6.07) is 7.33. The normalized spacial score (nSPS) is 16.6. The van der Waals surface area contributed by atoms with Gasteiger partial charge in [0.15, 0.2) is 0 Å². The molecule has 1 saturated carbocycles. The van der Waals surface area contributed by atoms with Crippen LogP contribution in [0.4, 0.5) is 8.78 Å². The Kier molecular flexibility index (Phi) is 5.14. The van der Waals surface area contributed by atoms with Gasteiger partial charge in [-0.3, -0.25) is 0 Å². The van der Waals surface area contributed by atoms with E-state index in [0.29, 0.717) is 6.04 Å². The number of ether oxygens (including phenoxy) is 1. The third-order valence-electron chi connectivity index (χ3n) is 3.41. The van der Waals surface area contributed by atoms with Gasteiger partial charge in [-0.25, -0.2) is 0 Å². The van der Waals surface area contributed by atoms with Crippen molar-refractivity contribution in [2.45, 2.75) is 45.3 Å². The van der Waals surface area contributed by atoms with Gasteiger partial charge in [0, 0.05) is 6.04 Å². The van der Waals surface area contributed by atoms with Gasteiger partial charge < -0.3 is 10.1 Å². The molecule has 1 fully saturated rings. The Balaban J connectivity index is 1.98. The summed E-state index contributed by atoms with van der Waals surface area (Å²) < 4.78 is 28.6. The first-order valence-corrected chi connectivity index (χ1v) is 6.97. The van der Waals surface area contributed by atoms with Crippen LogP contribution in [0.5, 0.6) is 5.75 Å². The van der Waals surface area contributed by atoms with Crippen LogP contribution in [-0.4, -0.2) is 13.2 Å². The van der Waals surface area contributed by atoms with Crippen LogP contribution in [0.25, 0.3) is 0 Å². The van der Waals surface area contributed by atoms with E-state index in [2.05, 4.69) is 17.0 Å². The molecule has 19 heavy (non-hydrogen) atoms. The second-order valence-electron chi connectivity index (χ2n) is 5.13. The summed E-state index contributed by atoms with van der Waals surface area (Å²) in [5.41, 5.74) is 1.15. The van der Waals surface area contributed by atoms with E-state index in [1.165, 1.54) is 12.8 Å². The minimum Gasteiger partial charge on any atom is -0.435 e. The number of rotatable bonds is 8. The number of benzene rings is 1. The predicted molar refractivity (Wildman–Crippen MR) is 71.4 cm³/mol. The number of alkyl halides is 2. The fourth-order valence-corrected chi connectivity index (χ4v) is 2.22. The third-order valence-corrected chi connectivity index (χ3v) is 3.41. The molecular weight excluding hydrogens is 248 g/mol. The van der Waals surface area contributed by atoms with Gasteiger partial charge in [0.2, 0.25) is 0 Å². The van der Waals surface area contributed by atoms with Gasteiger partial charge in [-0.1, -0.05) is 31.9 Å². The zero-order valence-electron chi connectivity index (χ0n) is 11.2. The van der Waals surface area contributed by atoms with Crippen LogP contribution >= 0.6 is 0 Å². The van der Waals surface area contributed by atoms with Gasteiger partial charge in [-0.2, -0.15) is 8.78 Å². The quantitative estimate of drug-likeness (QED) is 0.766. The molecule has 1 aromatic carbocycles. The Morgan fingerprint density at radius 3 is 2.47 bits per heavy atom. The summed E-state index contributed by atoms with van der Waals surface area (Å²) in [7, 11) is 0. The highest BCUT2D eigenvalue weighted by molar-refractivity contribution is 5.29. The summed E-state index contributed by atoms with van der Waals surface area (Å²) in [5.74, 6) is 1.05. The van der Waals surface area contributed by atoms with Crippen molar-refractivity contribution in [3.05, 3.63) is 29.8 Å². The molecule has 1 N–H and O–H groups in total. The lowest BCUT2D eigenvalue weighted by Crippen LogP contribution is -2.22. The van der Waals surface area contributed by atoms with Crippen LogP contribution in [0.1, 0.15) is 44.2 Å². The Morgan fingerprint density at radius 2 is 1.95 bits per heavy atom. The molecular formula is C15H21F2NO. The van der Waals surface area contributed by atoms with E-state index in [1.54, 1.807) is 12.1 Å². The van der Waals surface area contributed by atoms with E-state index in [1.807, 2.05) is 12.1 Å². The molecule has 2 rings (SSSR count). The monoisotopic (exact) mass is 269 g/mol. The fraction of sp³-hybridized carbons (Fsp3) is 0.600. The lowest BCUT2D eigenvalue weighted by Gasteiger charge is -2.19. The Bertz CT molecular complexity index is 376. The Morgan fingerprint density at radius 1 is 1.26 bits per heavy atom. The van der Waals surface area contributed by atoms with Crippen molar-refractivity contribution in [2.24, 2.45) is 5.92 Å². The molecule has 1 aliphatic rings. The molecule has 1 unspecified atom stereocenters. The lowest BCUT2D eigenvalue weighted by atomic mass is 10.0. The molecule has 1 atom stereocenters. The SMILES string of the molecule is CCCNC(CC1CC1)c1ccc(OC(F)F)cc1.